The minimum absolute atomic E-state index is 0.0761. The van der Waals surface area contributed by atoms with Crippen molar-refractivity contribution in [2.45, 2.75) is 50.1 Å². The van der Waals surface area contributed by atoms with Gasteiger partial charge >= 0.3 is 0 Å². The second-order valence-corrected chi connectivity index (χ2v) is 8.71. The number of benzene rings is 1. The standard InChI is InChI=1S/C23H25N5O/c1-26-22(15-8-9-15)18(13-24-26)23(29)28-16-10-11-19(28)20-17(12-16)21(27(2)25-20)14-6-4-3-5-7-14/h3-7,13,15-16,19H,8-12H2,1-2H3/t16-,19+/m1/s1. The van der Waals surface area contributed by atoms with Gasteiger partial charge in [0.2, 0.25) is 0 Å². The van der Waals surface area contributed by atoms with Crippen LogP contribution in [0, 0.1) is 0 Å². The first-order valence-corrected chi connectivity index (χ1v) is 10.6. The van der Waals surface area contributed by atoms with E-state index in [0.717, 1.165) is 49.1 Å². The molecule has 1 amide bonds. The third-order valence-electron chi connectivity index (χ3n) is 6.90. The van der Waals surface area contributed by atoms with E-state index in [4.69, 9.17) is 5.10 Å². The molecular weight excluding hydrogens is 362 g/mol. The van der Waals surface area contributed by atoms with Gasteiger partial charge in [0.25, 0.3) is 5.91 Å². The highest BCUT2D eigenvalue weighted by Crippen LogP contribution is 2.48. The molecule has 6 rings (SSSR count). The van der Waals surface area contributed by atoms with Crippen molar-refractivity contribution in [3.63, 3.8) is 0 Å². The predicted octanol–water partition coefficient (Wildman–Crippen LogP) is 3.60. The summed E-state index contributed by atoms with van der Waals surface area (Å²) in [6, 6.07) is 10.8. The van der Waals surface area contributed by atoms with Gasteiger partial charge < -0.3 is 4.90 Å². The molecule has 0 radical (unpaired) electrons. The molecule has 2 aromatic heterocycles. The Balaban J connectivity index is 1.41. The second kappa shape index (κ2) is 6.05. The number of hydrogen-bond donors (Lipinski definition) is 0. The van der Waals surface area contributed by atoms with Crippen LogP contribution in [0.25, 0.3) is 11.3 Å². The van der Waals surface area contributed by atoms with Crippen LogP contribution in [0.3, 0.4) is 0 Å². The maximum Gasteiger partial charge on any atom is 0.258 e. The van der Waals surface area contributed by atoms with Crippen molar-refractivity contribution in [3.8, 4) is 11.3 Å². The Kier molecular flexibility index (Phi) is 3.55. The van der Waals surface area contributed by atoms with Gasteiger partial charge in [-0.2, -0.15) is 10.2 Å². The van der Waals surface area contributed by atoms with Crippen molar-refractivity contribution < 1.29 is 4.79 Å². The van der Waals surface area contributed by atoms with Crippen LogP contribution in [0.1, 0.15) is 65.0 Å². The van der Waals surface area contributed by atoms with Crippen molar-refractivity contribution >= 4 is 5.91 Å². The fourth-order valence-corrected chi connectivity index (χ4v) is 5.50. The fourth-order valence-electron chi connectivity index (χ4n) is 5.50. The van der Waals surface area contributed by atoms with Crippen LogP contribution in [-0.4, -0.2) is 36.4 Å². The molecule has 4 heterocycles. The molecule has 6 heteroatoms. The van der Waals surface area contributed by atoms with E-state index in [1.165, 1.54) is 16.8 Å². The molecule has 2 aliphatic heterocycles. The van der Waals surface area contributed by atoms with Gasteiger partial charge in [-0.25, -0.2) is 0 Å². The van der Waals surface area contributed by atoms with Gasteiger partial charge in [-0.1, -0.05) is 30.3 Å². The summed E-state index contributed by atoms with van der Waals surface area (Å²) in [6.45, 7) is 0. The number of amides is 1. The van der Waals surface area contributed by atoms with Gasteiger partial charge in [-0.05, 0) is 32.1 Å². The summed E-state index contributed by atoms with van der Waals surface area (Å²) in [7, 11) is 3.98. The monoisotopic (exact) mass is 387 g/mol. The van der Waals surface area contributed by atoms with Crippen molar-refractivity contribution in [2.24, 2.45) is 14.1 Å². The third-order valence-corrected chi connectivity index (χ3v) is 6.90. The molecule has 148 valence electrons. The summed E-state index contributed by atoms with van der Waals surface area (Å²) < 4.78 is 3.90. The van der Waals surface area contributed by atoms with Crippen LogP contribution >= 0.6 is 0 Å². The lowest BCUT2D eigenvalue weighted by atomic mass is 9.94. The lowest BCUT2D eigenvalue weighted by molar-refractivity contribution is 0.0641. The Labute approximate surface area is 170 Å². The Morgan fingerprint density at radius 1 is 1.03 bits per heavy atom. The first-order chi connectivity index (χ1) is 14.1. The molecule has 2 fully saturated rings. The maximum atomic E-state index is 13.6. The summed E-state index contributed by atoms with van der Waals surface area (Å²) in [5.74, 6) is 0.643. The molecule has 3 aliphatic rings. The van der Waals surface area contributed by atoms with Crippen molar-refractivity contribution in [2.75, 3.05) is 0 Å². The molecule has 1 saturated carbocycles. The summed E-state index contributed by atoms with van der Waals surface area (Å²) in [5.41, 5.74) is 6.73. The topological polar surface area (TPSA) is 56.0 Å². The maximum absolute atomic E-state index is 13.6. The van der Waals surface area contributed by atoms with Gasteiger partial charge in [0, 0.05) is 37.2 Å². The minimum Gasteiger partial charge on any atom is -0.327 e. The van der Waals surface area contributed by atoms with E-state index in [0.29, 0.717) is 5.92 Å². The average Bonchev–Trinajstić information content (AvgIpc) is 3.28. The Morgan fingerprint density at radius 3 is 2.59 bits per heavy atom. The summed E-state index contributed by atoms with van der Waals surface area (Å²) in [4.78, 5) is 15.8. The fraction of sp³-hybridized carbons (Fsp3) is 0.435. The molecule has 6 nitrogen and oxygen atoms in total. The normalized spacial score (nSPS) is 22.8. The highest BCUT2D eigenvalue weighted by Gasteiger charge is 2.47. The number of carbonyl (C=O) groups excluding carboxylic acids is 1. The molecule has 3 aromatic rings. The van der Waals surface area contributed by atoms with E-state index in [1.54, 1.807) is 6.20 Å². The van der Waals surface area contributed by atoms with Gasteiger partial charge in [-0.15, -0.1) is 0 Å². The Morgan fingerprint density at radius 2 is 1.83 bits per heavy atom. The first kappa shape index (κ1) is 17.0. The zero-order chi connectivity index (χ0) is 19.7. The van der Waals surface area contributed by atoms with Crippen molar-refractivity contribution in [1.29, 1.82) is 0 Å². The number of aromatic nitrogens is 4. The molecule has 1 aromatic carbocycles. The van der Waals surface area contributed by atoms with E-state index in [2.05, 4.69) is 34.3 Å². The molecular formula is C23H25N5O. The van der Waals surface area contributed by atoms with Gasteiger partial charge in [-0.3, -0.25) is 14.2 Å². The molecule has 29 heavy (non-hydrogen) atoms. The Hall–Kier alpha value is -2.89. The van der Waals surface area contributed by atoms with E-state index in [9.17, 15) is 4.79 Å². The number of aryl methyl sites for hydroxylation is 2. The zero-order valence-corrected chi connectivity index (χ0v) is 16.9. The van der Waals surface area contributed by atoms with Crippen LogP contribution in [0.15, 0.2) is 36.5 Å². The number of hydrogen-bond acceptors (Lipinski definition) is 3. The largest absolute Gasteiger partial charge is 0.327 e. The number of fused-ring (bicyclic) bond motifs is 4. The first-order valence-electron chi connectivity index (χ1n) is 10.6. The van der Waals surface area contributed by atoms with E-state index in [-0.39, 0.29) is 18.0 Å². The molecule has 2 atom stereocenters. The predicted molar refractivity (Wildman–Crippen MR) is 109 cm³/mol. The summed E-state index contributed by atoms with van der Waals surface area (Å²) in [6.07, 6.45) is 7.03. The van der Waals surface area contributed by atoms with Crippen LogP contribution in [0.2, 0.25) is 0 Å². The van der Waals surface area contributed by atoms with E-state index < -0.39 is 0 Å². The third kappa shape index (κ3) is 2.44. The number of carbonyl (C=O) groups is 1. The molecule has 1 aliphatic carbocycles. The van der Waals surface area contributed by atoms with Crippen LogP contribution < -0.4 is 0 Å². The van der Waals surface area contributed by atoms with Crippen molar-refractivity contribution in [3.05, 3.63) is 59.0 Å². The highest BCUT2D eigenvalue weighted by molar-refractivity contribution is 5.96. The Bertz CT molecular complexity index is 1110. The number of nitrogens with zero attached hydrogens (tertiary/aromatic N) is 5. The minimum atomic E-state index is 0.0761. The average molecular weight is 387 g/mol. The van der Waals surface area contributed by atoms with Gasteiger partial charge in [0.15, 0.2) is 0 Å². The van der Waals surface area contributed by atoms with E-state index in [1.807, 2.05) is 29.5 Å². The smallest absolute Gasteiger partial charge is 0.258 e. The zero-order valence-electron chi connectivity index (χ0n) is 16.9. The van der Waals surface area contributed by atoms with Crippen LogP contribution in [0.5, 0.6) is 0 Å². The van der Waals surface area contributed by atoms with Gasteiger partial charge in [0.05, 0.1) is 34.9 Å². The van der Waals surface area contributed by atoms with Gasteiger partial charge in [0.1, 0.15) is 0 Å². The lowest BCUT2D eigenvalue weighted by Crippen LogP contribution is -2.42. The second-order valence-electron chi connectivity index (χ2n) is 8.71. The van der Waals surface area contributed by atoms with Crippen LogP contribution in [0.4, 0.5) is 0 Å². The number of rotatable bonds is 3. The quantitative estimate of drug-likeness (QED) is 0.690. The van der Waals surface area contributed by atoms with Crippen LogP contribution in [-0.2, 0) is 20.5 Å². The van der Waals surface area contributed by atoms with E-state index >= 15 is 0 Å². The summed E-state index contributed by atoms with van der Waals surface area (Å²) in [5, 5.41) is 9.33. The molecule has 1 saturated heterocycles. The van der Waals surface area contributed by atoms with Crippen molar-refractivity contribution in [1.82, 2.24) is 24.5 Å². The molecule has 2 bridgehead atoms. The summed E-state index contributed by atoms with van der Waals surface area (Å²) >= 11 is 0. The highest BCUT2D eigenvalue weighted by atomic mass is 16.2. The molecule has 0 N–H and O–H groups in total. The lowest BCUT2D eigenvalue weighted by Gasteiger charge is -2.34. The SMILES string of the molecule is Cn1nc2c(c1-c1ccccc1)C[C@H]1CC[C@@H]2N1C(=O)c1cnn(C)c1C1CC1. The molecule has 0 unspecified atom stereocenters. The molecule has 0 spiro atoms.